The smallest absolute Gasteiger partial charge is 0.231 e. The van der Waals surface area contributed by atoms with Crippen molar-refractivity contribution in [2.45, 2.75) is 46.6 Å². The average molecular weight is 335 g/mol. The van der Waals surface area contributed by atoms with E-state index in [0.717, 1.165) is 38.0 Å². The lowest BCUT2D eigenvalue weighted by molar-refractivity contribution is -0.128. The minimum absolute atomic E-state index is 0.0568. The molecule has 0 bridgehead atoms. The normalized spacial score (nSPS) is 18.5. The number of primary amides is 1. The second-order valence-corrected chi connectivity index (χ2v) is 6.55. The number of aryl methyl sites for hydroxylation is 2. The maximum atomic E-state index is 12.4. The zero-order valence-electron chi connectivity index (χ0n) is 15.0. The van der Waals surface area contributed by atoms with Gasteiger partial charge in [0, 0.05) is 25.3 Å². The van der Waals surface area contributed by atoms with Gasteiger partial charge in [-0.15, -0.1) is 0 Å². The second kappa shape index (κ2) is 8.28. The Hall–Kier alpha value is -1.89. The Labute approximate surface area is 143 Å². The number of carbonyl (C=O) groups is 2. The highest BCUT2D eigenvalue weighted by Gasteiger charge is 2.26. The molecule has 1 atom stereocenters. The van der Waals surface area contributed by atoms with Gasteiger partial charge in [0.1, 0.15) is 0 Å². The summed E-state index contributed by atoms with van der Waals surface area (Å²) in [6.45, 7) is 9.31. The van der Waals surface area contributed by atoms with Crippen molar-refractivity contribution in [3.63, 3.8) is 0 Å². The van der Waals surface area contributed by atoms with Crippen LogP contribution < -0.4 is 11.1 Å². The first-order chi connectivity index (χ1) is 11.4. The number of hydrogen-bond donors (Lipinski definition) is 2. The van der Waals surface area contributed by atoms with E-state index in [1.165, 1.54) is 11.3 Å². The molecule has 2 amide bonds. The number of nitrogens with zero attached hydrogens (tertiary/aromatic N) is 3. The largest absolute Gasteiger partial charge is 0.369 e. The van der Waals surface area contributed by atoms with Crippen LogP contribution in [0.15, 0.2) is 0 Å². The Kier molecular flexibility index (Phi) is 6.36. The maximum absolute atomic E-state index is 12.4. The van der Waals surface area contributed by atoms with Crippen LogP contribution in [0.4, 0.5) is 0 Å². The molecule has 0 spiro atoms. The van der Waals surface area contributed by atoms with Gasteiger partial charge in [0.25, 0.3) is 0 Å². The van der Waals surface area contributed by atoms with Gasteiger partial charge in [0.15, 0.2) is 0 Å². The molecule has 0 radical (unpaired) electrons. The molecule has 1 aromatic rings. The number of carbonyl (C=O) groups excluding carboxylic acids is 2. The third kappa shape index (κ3) is 4.56. The molecule has 0 aromatic carbocycles. The summed E-state index contributed by atoms with van der Waals surface area (Å²) < 4.78 is 2.00. The monoisotopic (exact) mass is 335 g/mol. The molecule has 1 aliphatic heterocycles. The summed E-state index contributed by atoms with van der Waals surface area (Å²) >= 11 is 0. The van der Waals surface area contributed by atoms with E-state index in [1.54, 1.807) is 0 Å². The van der Waals surface area contributed by atoms with Gasteiger partial charge < -0.3 is 11.1 Å². The van der Waals surface area contributed by atoms with Crippen molar-refractivity contribution in [3.8, 4) is 0 Å². The van der Waals surface area contributed by atoms with Gasteiger partial charge in [-0.1, -0.05) is 0 Å². The number of likely N-dealkylation sites (tertiary alicyclic amines) is 1. The van der Waals surface area contributed by atoms with Crippen LogP contribution in [0, 0.1) is 19.8 Å². The predicted molar refractivity (Wildman–Crippen MR) is 92.4 cm³/mol. The third-order valence-corrected chi connectivity index (χ3v) is 4.76. The molecular formula is C17H29N5O2. The highest BCUT2D eigenvalue weighted by atomic mass is 16.2. The molecule has 1 aromatic heterocycles. The molecule has 7 heteroatoms. The van der Waals surface area contributed by atoms with E-state index in [1.807, 2.05) is 16.5 Å². The van der Waals surface area contributed by atoms with Crippen molar-refractivity contribution < 1.29 is 9.59 Å². The van der Waals surface area contributed by atoms with E-state index in [-0.39, 0.29) is 24.3 Å². The molecule has 1 saturated heterocycles. The van der Waals surface area contributed by atoms with Gasteiger partial charge in [-0.3, -0.25) is 19.2 Å². The SMILES string of the molecule is CCn1nc(C)c(CCNC(=O)C2CCCN(CC(N)=O)C2)c1C. The van der Waals surface area contributed by atoms with Crippen molar-refractivity contribution in [3.05, 3.63) is 17.0 Å². The van der Waals surface area contributed by atoms with Crippen molar-refractivity contribution in [1.29, 1.82) is 0 Å². The molecule has 134 valence electrons. The van der Waals surface area contributed by atoms with Crippen LogP contribution in [0.3, 0.4) is 0 Å². The van der Waals surface area contributed by atoms with Crippen LogP contribution in [0.1, 0.15) is 36.7 Å². The number of piperidine rings is 1. The Balaban J connectivity index is 1.83. The van der Waals surface area contributed by atoms with E-state index in [2.05, 4.69) is 24.3 Å². The fourth-order valence-electron chi connectivity index (χ4n) is 3.49. The van der Waals surface area contributed by atoms with Gasteiger partial charge in [-0.25, -0.2) is 0 Å². The number of aromatic nitrogens is 2. The topological polar surface area (TPSA) is 93.2 Å². The molecule has 0 aliphatic carbocycles. The van der Waals surface area contributed by atoms with Gasteiger partial charge in [0.05, 0.1) is 18.2 Å². The minimum Gasteiger partial charge on any atom is -0.369 e. The Bertz CT molecular complexity index is 596. The van der Waals surface area contributed by atoms with Gasteiger partial charge in [-0.2, -0.15) is 5.10 Å². The number of nitrogens with one attached hydrogen (secondary N) is 1. The molecule has 1 aliphatic rings. The number of hydrogen-bond acceptors (Lipinski definition) is 4. The van der Waals surface area contributed by atoms with Crippen LogP contribution in [-0.2, 0) is 22.6 Å². The summed E-state index contributed by atoms with van der Waals surface area (Å²) in [7, 11) is 0. The molecule has 7 nitrogen and oxygen atoms in total. The van der Waals surface area contributed by atoms with Crippen LogP contribution in [0.5, 0.6) is 0 Å². The van der Waals surface area contributed by atoms with Crippen LogP contribution >= 0.6 is 0 Å². The summed E-state index contributed by atoms with van der Waals surface area (Å²) in [5, 5.41) is 7.54. The lowest BCUT2D eigenvalue weighted by Gasteiger charge is -2.30. The number of amides is 2. The summed E-state index contributed by atoms with van der Waals surface area (Å²) in [5.74, 6) is -0.323. The lowest BCUT2D eigenvalue weighted by Crippen LogP contribution is -2.46. The van der Waals surface area contributed by atoms with E-state index in [9.17, 15) is 9.59 Å². The zero-order chi connectivity index (χ0) is 17.7. The maximum Gasteiger partial charge on any atom is 0.231 e. The van der Waals surface area contributed by atoms with Gasteiger partial charge in [0.2, 0.25) is 11.8 Å². The molecule has 2 rings (SSSR count). The first-order valence-electron chi connectivity index (χ1n) is 8.73. The molecule has 1 fully saturated rings. The van der Waals surface area contributed by atoms with Crippen LogP contribution in [-0.4, -0.2) is 52.7 Å². The van der Waals surface area contributed by atoms with Gasteiger partial charge in [-0.05, 0) is 52.1 Å². The molecule has 1 unspecified atom stereocenters. The third-order valence-electron chi connectivity index (χ3n) is 4.76. The molecule has 24 heavy (non-hydrogen) atoms. The summed E-state index contributed by atoms with van der Waals surface area (Å²) in [6, 6.07) is 0. The predicted octanol–water partition coefficient (Wildman–Crippen LogP) is 0.376. The van der Waals surface area contributed by atoms with E-state index in [0.29, 0.717) is 13.1 Å². The number of nitrogens with two attached hydrogens (primary N) is 1. The molecule has 2 heterocycles. The summed E-state index contributed by atoms with van der Waals surface area (Å²) in [5.41, 5.74) is 8.67. The fourth-order valence-corrected chi connectivity index (χ4v) is 3.49. The van der Waals surface area contributed by atoms with Crippen molar-refractivity contribution >= 4 is 11.8 Å². The summed E-state index contributed by atoms with van der Waals surface area (Å²) in [6.07, 6.45) is 2.58. The molecule has 3 N–H and O–H groups in total. The van der Waals surface area contributed by atoms with Crippen molar-refractivity contribution in [1.82, 2.24) is 20.0 Å². The molecule has 0 saturated carbocycles. The fraction of sp³-hybridized carbons (Fsp3) is 0.706. The second-order valence-electron chi connectivity index (χ2n) is 6.55. The number of rotatable bonds is 7. The quantitative estimate of drug-likeness (QED) is 0.753. The van der Waals surface area contributed by atoms with Crippen molar-refractivity contribution in [2.24, 2.45) is 11.7 Å². The van der Waals surface area contributed by atoms with Gasteiger partial charge >= 0.3 is 0 Å². The summed E-state index contributed by atoms with van der Waals surface area (Å²) in [4.78, 5) is 25.4. The first-order valence-corrected chi connectivity index (χ1v) is 8.73. The Morgan fingerprint density at radius 2 is 2.12 bits per heavy atom. The highest BCUT2D eigenvalue weighted by Crippen LogP contribution is 2.17. The Morgan fingerprint density at radius 1 is 1.38 bits per heavy atom. The highest BCUT2D eigenvalue weighted by molar-refractivity contribution is 5.79. The lowest BCUT2D eigenvalue weighted by atomic mass is 9.97. The zero-order valence-corrected chi connectivity index (χ0v) is 15.0. The molecular weight excluding hydrogens is 306 g/mol. The van der Waals surface area contributed by atoms with Crippen molar-refractivity contribution in [2.75, 3.05) is 26.2 Å². The van der Waals surface area contributed by atoms with E-state index >= 15 is 0 Å². The average Bonchev–Trinajstić information content (AvgIpc) is 2.81. The van der Waals surface area contributed by atoms with Crippen LogP contribution in [0.2, 0.25) is 0 Å². The minimum atomic E-state index is -0.338. The standard InChI is InChI=1S/C17H29N5O2/c1-4-22-13(3)15(12(2)20-22)7-8-19-17(24)14-6-5-9-21(10-14)11-16(18)23/h14H,4-11H2,1-3H3,(H2,18,23)(H,19,24). The van der Waals surface area contributed by atoms with E-state index in [4.69, 9.17) is 5.73 Å². The Morgan fingerprint density at radius 3 is 2.75 bits per heavy atom. The van der Waals surface area contributed by atoms with Crippen LogP contribution in [0.25, 0.3) is 0 Å². The first kappa shape index (κ1) is 18.4. The van der Waals surface area contributed by atoms with E-state index < -0.39 is 0 Å².